The largest absolute Gasteiger partial charge is 0.247 e. The van der Waals surface area contributed by atoms with Crippen molar-refractivity contribution in [2.24, 2.45) is 0 Å². The van der Waals surface area contributed by atoms with Gasteiger partial charge in [0.05, 0.1) is 0 Å². The van der Waals surface area contributed by atoms with Gasteiger partial charge in [0.1, 0.15) is 0 Å². The fourth-order valence-corrected chi connectivity index (χ4v) is 5.54. The summed E-state index contributed by atoms with van der Waals surface area (Å²) in [5, 5.41) is 0. The van der Waals surface area contributed by atoms with Crippen molar-refractivity contribution in [2.75, 3.05) is 0 Å². The summed E-state index contributed by atoms with van der Waals surface area (Å²) in [5.74, 6) is 0. The van der Waals surface area contributed by atoms with Crippen molar-refractivity contribution < 1.29 is 0 Å². The van der Waals surface area contributed by atoms with Crippen LogP contribution >= 0.6 is 23.5 Å². The molecule has 0 atom stereocenters. The number of rotatable bonds is 1. The summed E-state index contributed by atoms with van der Waals surface area (Å²) in [4.78, 5) is 5.37. The molecule has 2 aliphatic heterocycles. The van der Waals surface area contributed by atoms with Gasteiger partial charge in [-0.05, 0) is 24.5 Å². The highest BCUT2D eigenvalue weighted by molar-refractivity contribution is 8.05. The Morgan fingerprint density at radius 1 is 0.909 bits per heavy atom. The summed E-state index contributed by atoms with van der Waals surface area (Å²) < 4.78 is 0. The molecule has 0 saturated heterocycles. The van der Waals surface area contributed by atoms with Crippen molar-refractivity contribution in [3.63, 3.8) is 0 Å². The molecule has 0 amide bonds. The molecule has 4 rings (SSSR count). The summed E-state index contributed by atoms with van der Waals surface area (Å²) >= 11 is 3.72. The molecule has 0 unspecified atom stereocenters. The zero-order valence-electron chi connectivity index (χ0n) is 12.4. The smallest absolute Gasteiger partial charge is 0.0980 e. The van der Waals surface area contributed by atoms with Gasteiger partial charge in [0.25, 0.3) is 0 Å². The van der Waals surface area contributed by atoms with Gasteiger partial charge in [-0.3, -0.25) is 0 Å². The van der Waals surface area contributed by atoms with Crippen LogP contribution < -0.4 is 10.9 Å². The number of allylic oxidation sites excluding steroid dienone is 3. The van der Waals surface area contributed by atoms with E-state index in [1.165, 1.54) is 36.0 Å². The van der Waals surface area contributed by atoms with E-state index < -0.39 is 0 Å². The molecule has 3 heteroatoms. The summed E-state index contributed by atoms with van der Waals surface area (Å²) in [6, 6.07) is 17.5. The third-order valence-corrected chi connectivity index (χ3v) is 6.63. The number of fused-ring (bicyclic) bond motifs is 5. The Balaban J connectivity index is 2.06. The number of hydrogen-bond donors (Lipinski definition) is 0. The second-order valence-corrected chi connectivity index (χ2v) is 7.52. The second-order valence-electron chi connectivity index (χ2n) is 5.35. The van der Waals surface area contributed by atoms with Gasteiger partial charge < -0.3 is 0 Å². The molecule has 0 spiro atoms. The molecule has 0 bridgehead atoms. The summed E-state index contributed by atoms with van der Waals surface area (Å²) in [6.07, 6.45) is 4.25. The molecule has 0 N–H and O–H groups in total. The van der Waals surface area contributed by atoms with Gasteiger partial charge in [-0.25, -0.2) is 0 Å². The first kappa shape index (κ1) is 14.0. The van der Waals surface area contributed by atoms with E-state index in [4.69, 9.17) is 0 Å². The fraction of sp³-hybridized carbons (Fsp3) is 0.0526. The topological polar surface area (TPSA) is 0 Å². The van der Waals surface area contributed by atoms with E-state index in [1.54, 1.807) is 0 Å². The molecule has 106 valence electrons. The number of hydrogen-bond acceptors (Lipinski definition) is 2. The van der Waals surface area contributed by atoms with Crippen molar-refractivity contribution in [3.8, 4) is 0 Å². The van der Waals surface area contributed by atoms with Crippen LogP contribution in [0.4, 0.5) is 0 Å². The van der Waals surface area contributed by atoms with Crippen molar-refractivity contribution >= 4 is 41.2 Å². The Kier molecular flexibility index (Phi) is 3.55. The molecule has 2 aromatic rings. The molecule has 0 fully saturated rings. The Hall–Kier alpha value is -1.58. The van der Waals surface area contributed by atoms with Crippen LogP contribution in [0.2, 0.25) is 0 Å². The summed E-state index contributed by atoms with van der Waals surface area (Å²) in [6.45, 7) is 6.52. The molecule has 22 heavy (non-hydrogen) atoms. The lowest BCUT2D eigenvalue weighted by atomic mass is 9.35. The van der Waals surface area contributed by atoms with Crippen molar-refractivity contribution in [3.05, 3.63) is 82.5 Å². The first-order valence-corrected chi connectivity index (χ1v) is 9.03. The molecular formula is C19H15BS2. The lowest BCUT2D eigenvalue weighted by molar-refractivity contribution is 1.45. The normalized spacial score (nSPS) is 17.9. The monoisotopic (exact) mass is 318 g/mol. The minimum absolute atomic E-state index is 0.328. The molecule has 0 nitrogen and oxygen atoms in total. The Morgan fingerprint density at radius 2 is 1.50 bits per heavy atom. The molecule has 0 radical (unpaired) electrons. The SMILES string of the molecule is C=CC1=C2B(c3ccccc3S1)c1ccccc1S/C2=C/C. The van der Waals surface area contributed by atoms with Crippen LogP contribution in [-0.2, 0) is 0 Å². The summed E-state index contributed by atoms with van der Waals surface area (Å²) in [7, 11) is 0. The lowest BCUT2D eigenvalue weighted by Gasteiger charge is -2.34. The first-order chi connectivity index (χ1) is 10.8. The van der Waals surface area contributed by atoms with Crippen LogP contribution in [0.25, 0.3) is 0 Å². The molecule has 0 aromatic heterocycles. The summed E-state index contributed by atoms with van der Waals surface area (Å²) in [5.41, 5.74) is 4.25. The van der Waals surface area contributed by atoms with Crippen LogP contribution in [0.1, 0.15) is 6.92 Å². The predicted molar refractivity (Wildman–Crippen MR) is 101 cm³/mol. The van der Waals surface area contributed by atoms with Gasteiger partial charge in [-0.15, -0.1) is 0 Å². The highest BCUT2D eigenvalue weighted by Crippen LogP contribution is 2.45. The standard InChI is InChI=1S/C19H15BS2/c1-3-15-19-16(4-2)22-18-12-8-6-10-14(18)20(19)13-9-5-7-11-17(13)21-15/h3-12H,1H2,2H3/b16-4+. The van der Waals surface area contributed by atoms with E-state index >= 15 is 0 Å². The van der Waals surface area contributed by atoms with Gasteiger partial charge in [0, 0.05) is 19.6 Å². The fourth-order valence-electron chi connectivity index (χ4n) is 3.22. The maximum absolute atomic E-state index is 4.06. The Morgan fingerprint density at radius 3 is 2.09 bits per heavy atom. The quantitative estimate of drug-likeness (QED) is 0.715. The highest BCUT2D eigenvalue weighted by atomic mass is 32.2. The van der Waals surface area contributed by atoms with Crippen LogP contribution in [0, 0.1) is 0 Å². The number of thioether (sulfide) groups is 2. The Bertz CT molecular complexity index is 833. The van der Waals surface area contributed by atoms with Crippen molar-refractivity contribution in [1.29, 1.82) is 0 Å². The molecule has 0 saturated carbocycles. The minimum atomic E-state index is 0.328. The van der Waals surface area contributed by atoms with E-state index in [0.717, 1.165) is 0 Å². The Labute approximate surface area is 140 Å². The maximum Gasteiger partial charge on any atom is 0.247 e. The van der Waals surface area contributed by atoms with Crippen LogP contribution in [-0.4, -0.2) is 6.71 Å². The van der Waals surface area contributed by atoms with Gasteiger partial charge in [-0.1, -0.05) is 89.6 Å². The van der Waals surface area contributed by atoms with Crippen molar-refractivity contribution in [2.45, 2.75) is 16.7 Å². The second kappa shape index (κ2) is 5.56. The third-order valence-electron chi connectivity index (χ3n) is 4.17. The molecule has 2 aliphatic rings. The van der Waals surface area contributed by atoms with Gasteiger partial charge in [-0.2, -0.15) is 0 Å². The molecule has 2 aromatic carbocycles. The van der Waals surface area contributed by atoms with E-state index in [-0.39, 0.29) is 0 Å². The van der Waals surface area contributed by atoms with E-state index in [0.29, 0.717) is 6.71 Å². The maximum atomic E-state index is 4.06. The third kappa shape index (κ3) is 2.04. The van der Waals surface area contributed by atoms with Crippen molar-refractivity contribution in [1.82, 2.24) is 0 Å². The van der Waals surface area contributed by atoms with Crippen LogP contribution in [0.5, 0.6) is 0 Å². The van der Waals surface area contributed by atoms with E-state index in [1.807, 2.05) is 29.6 Å². The zero-order chi connectivity index (χ0) is 15.1. The average molecular weight is 318 g/mol. The molecule has 0 aliphatic carbocycles. The van der Waals surface area contributed by atoms with E-state index in [9.17, 15) is 0 Å². The minimum Gasteiger partial charge on any atom is -0.0980 e. The highest BCUT2D eigenvalue weighted by Gasteiger charge is 2.38. The van der Waals surface area contributed by atoms with E-state index in [2.05, 4.69) is 68.1 Å². The average Bonchev–Trinajstić information content (AvgIpc) is 2.59. The molecule has 2 heterocycles. The van der Waals surface area contributed by atoms with Gasteiger partial charge >= 0.3 is 0 Å². The lowest BCUT2D eigenvalue weighted by Crippen LogP contribution is -2.49. The molecular weight excluding hydrogens is 303 g/mol. The first-order valence-electron chi connectivity index (χ1n) is 7.40. The van der Waals surface area contributed by atoms with Gasteiger partial charge in [0.15, 0.2) is 0 Å². The predicted octanol–water partition coefficient (Wildman–Crippen LogP) is 4.39. The van der Waals surface area contributed by atoms with Crippen LogP contribution in [0.15, 0.2) is 92.3 Å². The van der Waals surface area contributed by atoms with Gasteiger partial charge in [0.2, 0.25) is 6.71 Å². The number of benzene rings is 2. The van der Waals surface area contributed by atoms with Crippen LogP contribution in [0.3, 0.4) is 0 Å². The zero-order valence-corrected chi connectivity index (χ0v) is 14.0.